The Bertz CT molecular complexity index is 412. The summed E-state index contributed by atoms with van der Waals surface area (Å²) in [7, 11) is 2.43. The maximum atomic E-state index is 11.5. The van der Waals surface area contributed by atoms with Gasteiger partial charge in [0.15, 0.2) is 0 Å². The summed E-state index contributed by atoms with van der Waals surface area (Å²) in [6.45, 7) is 1.80. The summed E-state index contributed by atoms with van der Waals surface area (Å²) < 4.78 is 8.98. The molecule has 0 atom stereocenters. The number of amides is 1. The Labute approximate surface area is 99.2 Å². The Hall–Kier alpha value is -2.03. The summed E-state index contributed by atoms with van der Waals surface area (Å²) in [4.78, 5) is 22.5. The van der Waals surface area contributed by atoms with Gasteiger partial charge in [-0.2, -0.15) is 5.26 Å². The Balaban J connectivity index is 2.87. The van der Waals surface area contributed by atoms with Crippen molar-refractivity contribution in [2.45, 2.75) is 19.8 Å². The van der Waals surface area contributed by atoms with E-state index in [4.69, 9.17) is 5.26 Å². The molecule has 0 saturated heterocycles. The lowest BCUT2D eigenvalue weighted by atomic mass is 9.67. The number of rotatable bonds is 2. The SMILES string of the molecule is COC(=O)NC(C(=O)OC)=C1CC(C)(C#N)C1. The Morgan fingerprint density at radius 1 is 1.35 bits per heavy atom. The minimum Gasteiger partial charge on any atom is -0.464 e. The lowest BCUT2D eigenvalue weighted by Crippen LogP contribution is -2.35. The molecule has 1 fully saturated rings. The number of nitriles is 1. The largest absolute Gasteiger partial charge is 0.464 e. The van der Waals surface area contributed by atoms with Gasteiger partial charge in [0.2, 0.25) is 0 Å². The summed E-state index contributed by atoms with van der Waals surface area (Å²) in [6.07, 6.45) is 0.152. The molecule has 0 heterocycles. The summed E-state index contributed by atoms with van der Waals surface area (Å²) >= 11 is 0. The van der Waals surface area contributed by atoms with Gasteiger partial charge in [-0.1, -0.05) is 0 Å². The van der Waals surface area contributed by atoms with E-state index in [0.29, 0.717) is 18.4 Å². The highest BCUT2D eigenvalue weighted by molar-refractivity contribution is 5.93. The molecule has 0 spiro atoms. The number of methoxy groups -OCH3 is 2. The van der Waals surface area contributed by atoms with Crippen molar-refractivity contribution in [1.29, 1.82) is 5.26 Å². The first-order valence-corrected chi connectivity index (χ1v) is 5.02. The third-order valence-corrected chi connectivity index (χ3v) is 2.63. The minimum atomic E-state index is -0.733. The van der Waals surface area contributed by atoms with Crippen molar-refractivity contribution >= 4 is 12.1 Å². The maximum Gasteiger partial charge on any atom is 0.411 e. The molecule has 1 aliphatic rings. The van der Waals surface area contributed by atoms with Crippen LogP contribution in [0.5, 0.6) is 0 Å². The van der Waals surface area contributed by atoms with Crippen molar-refractivity contribution in [2.75, 3.05) is 14.2 Å². The van der Waals surface area contributed by atoms with E-state index >= 15 is 0 Å². The smallest absolute Gasteiger partial charge is 0.411 e. The van der Waals surface area contributed by atoms with Gasteiger partial charge in [0, 0.05) is 0 Å². The van der Waals surface area contributed by atoms with Crippen molar-refractivity contribution in [3.05, 3.63) is 11.3 Å². The molecule has 0 aromatic heterocycles. The van der Waals surface area contributed by atoms with Crippen LogP contribution in [-0.2, 0) is 14.3 Å². The predicted octanol–water partition coefficient (Wildman–Crippen LogP) is 1.09. The van der Waals surface area contributed by atoms with E-state index < -0.39 is 17.5 Å². The van der Waals surface area contributed by atoms with E-state index in [0.717, 1.165) is 0 Å². The Morgan fingerprint density at radius 3 is 2.35 bits per heavy atom. The van der Waals surface area contributed by atoms with Crippen molar-refractivity contribution in [2.24, 2.45) is 5.41 Å². The standard InChI is InChI=1S/C11H14N2O4/c1-11(6-12)4-7(5-11)8(9(14)16-2)13-10(15)17-3/h4-5H2,1-3H3,(H,13,15). The van der Waals surface area contributed by atoms with Crippen LogP contribution < -0.4 is 5.32 Å². The second kappa shape index (κ2) is 4.87. The lowest BCUT2D eigenvalue weighted by molar-refractivity contribution is -0.136. The fourth-order valence-corrected chi connectivity index (χ4v) is 1.68. The zero-order valence-corrected chi connectivity index (χ0v) is 9.99. The molecule has 1 rings (SSSR count). The second-order valence-corrected chi connectivity index (χ2v) is 4.11. The second-order valence-electron chi connectivity index (χ2n) is 4.11. The van der Waals surface area contributed by atoms with E-state index in [-0.39, 0.29) is 5.70 Å². The van der Waals surface area contributed by atoms with Gasteiger partial charge in [0.05, 0.1) is 25.7 Å². The van der Waals surface area contributed by atoms with Gasteiger partial charge in [-0.3, -0.25) is 5.32 Å². The predicted molar refractivity (Wildman–Crippen MR) is 57.5 cm³/mol. The first kappa shape index (κ1) is 13.0. The summed E-state index contributed by atoms with van der Waals surface area (Å²) in [5.74, 6) is -0.634. The number of alkyl carbamates (subject to hydrolysis) is 1. The summed E-state index contributed by atoms with van der Waals surface area (Å²) in [6, 6.07) is 2.16. The minimum absolute atomic E-state index is 0.0760. The summed E-state index contributed by atoms with van der Waals surface area (Å²) in [5.41, 5.74) is 0.310. The molecule has 6 nitrogen and oxygen atoms in total. The molecule has 0 bridgehead atoms. The van der Waals surface area contributed by atoms with Crippen LogP contribution in [-0.4, -0.2) is 26.3 Å². The zero-order chi connectivity index (χ0) is 13.1. The van der Waals surface area contributed by atoms with Crippen molar-refractivity contribution < 1.29 is 19.1 Å². The topological polar surface area (TPSA) is 88.4 Å². The molecule has 0 radical (unpaired) electrons. The fraction of sp³-hybridized carbons (Fsp3) is 0.545. The van der Waals surface area contributed by atoms with Crippen molar-refractivity contribution in [1.82, 2.24) is 5.32 Å². The van der Waals surface area contributed by atoms with Crippen LogP contribution in [0, 0.1) is 16.7 Å². The quantitative estimate of drug-likeness (QED) is 0.574. The zero-order valence-electron chi connectivity index (χ0n) is 9.99. The van der Waals surface area contributed by atoms with E-state index in [1.807, 2.05) is 0 Å². The number of allylic oxidation sites excluding steroid dienone is 1. The van der Waals surface area contributed by atoms with Crippen LogP contribution in [0.3, 0.4) is 0 Å². The van der Waals surface area contributed by atoms with Crippen LogP contribution in [0.2, 0.25) is 0 Å². The maximum absolute atomic E-state index is 11.5. The average Bonchev–Trinajstić information content (AvgIpc) is 2.30. The van der Waals surface area contributed by atoms with Crippen molar-refractivity contribution in [3.63, 3.8) is 0 Å². The van der Waals surface area contributed by atoms with Crippen molar-refractivity contribution in [3.8, 4) is 6.07 Å². The normalized spacial score (nSPS) is 21.9. The number of hydrogen-bond acceptors (Lipinski definition) is 5. The number of nitrogens with zero attached hydrogens (tertiary/aromatic N) is 1. The van der Waals surface area contributed by atoms with Crippen LogP contribution in [0.1, 0.15) is 19.8 Å². The molecule has 6 heteroatoms. The number of carbonyl (C=O) groups is 2. The number of carbonyl (C=O) groups excluding carboxylic acids is 2. The third-order valence-electron chi connectivity index (χ3n) is 2.63. The number of hydrogen-bond donors (Lipinski definition) is 1. The van der Waals surface area contributed by atoms with E-state index in [9.17, 15) is 9.59 Å². The van der Waals surface area contributed by atoms with Gasteiger partial charge in [0.1, 0.15) is 5.70 Å². The molecular formula is C11H14N2O4. The highest BCUT2D eigenvalue weighted by Crippen LogP contribution is 2.45. The first-order valence-electron chi connectivity index (χ1n) is 5.02. The number of esters is 1. The van der Waals surface area contributed by atoms with E-state index in [1.165, 1.54) is 14.2 Å². The molecule has 1 saturated carbocycles. The molecule has 0 aliphatic heterocycles. The van der Waals surface area contributed by atoms with Crippen LogP contribution in [0.25, 0.3) is 0 Å². The van der Waals surface area contributed by atoms with E-state index in [2.05, 4.69) is 20.9 Å². The van der Waals surface area contributed by atoms with E-state index in [1.54, 1.807) is 6.92 Å². The fourth-order valence-electron chi connectivity index (χ4n) is 1.68. The Kier molecular flexibility index (Phi) is 3.73. The summed E-state index contributed by atoms with van der Waals surface area (Å²) in [5, 5.41) is 11.2. The van der Waals surface area contributed by atoms with Crippen LogP contribution in [0.15, 0.2) is 11.3 Å². The Morgan fingerprint density at radius 2 is 1.94 bits per heavy atom. The molecule has 0 aromatic carbocycles. The van der Waals surface area contributed by atoms with Gasteiger partial charge < -0.3 is 9.47 Å². The highest BCUT2D eigenvalue weighted by atomic mass is 16.5. The van der Waals surface area contributed by atoms with Gasteiger partial charge in [-0.25, -0.2) is 9.59 Å². The first-order chi connectivity index (χ1) is 7.95. The van der Waals surface area contributed by atoms with Crippen LogP contribution in [0.4, 0.5) is 4.79 Å². The molecule has 1 aliphatic carbocycles. The van der Waals surface area contributed by atoms with Crippen LogP contribution >= 0.6 is 0 Å². The third kappa shape index (κ3) is 2.75. The molecule has 92 valence electrons. The highest BCUT2D eigenvalue weighted by Gasteiger charge is 2.39. The molecule has 17 heavy (non-hydrogen) atoms. The lowest BCUT2D eigenvalue weighted by Gasteiger charge is -2.35. The average molecular weight is 238 g/mol. The number of nitrogens with one attached hydrogen (secondary N) is 1. The number of ether oxygens (including phenoxy) is 2. The monoisotopic (exact) mass is 238 g/mol. The van der Waals surface area contributed by atoms with Gasteiger partial charge in [-0.15, -0.1) is 0 Å². The molecule has 1 N–H and O–H groups in total. The van der Waals surface area contributed by atoms with Gasteiger partial charge in [-0.05, 0) is 25.3 Å². The molecule has 1 amide bonds. The van der Waals surface area contributed by atoms with Gasteiger partial charge >= 0.3 is 12.1 Å². The van der Waals surface area contributed by atoms with Gasteiger partial charge in [0.25, 0.3) is 0 Å². The molecule has 0 unspecified atom stereocenters. The molecular weight excluding hydrogens is 224 g/mol. The molecule has 0 aromatic rings.